The van der Waals surface area contributed by atoms with Crippen LogP contribution >= 0.6 is 0 Å². The summed E-state index contributed by atoms with van der Waals surface area (Å²) in [4.78, 5) is 0. The number of nitrogens with zero attached hydrogens (tertiary/aromatic N) is 2. The van der Waals surface area contributed by atoms with Crippen LogP contribution in [0.25, 0.3) is 0 Å². The fraction of sp³-hybridized carbons (Fsp3) is 0.471. The van der Waals surface area contributed by atoms with Crippen molar-refractivity contribution in [3.05, 3.63) is 53.9 Å². The summed E-state index contributed by atoms with van der Waals surface area (Å²) in [6.45, 7) is 5.59. The number of rotatable bonds is 5. The smallest absolute Gasteiger partial charge is 0.0659 e. The second-order valence-corrected chi connectivity index (χ2v) is 6.10. The van der Waals surface area contributed by atoms with Gasteiger partial charge in [-0.1, -0.05) is 30.3 Å². The van der Waals surface area contributed by atoms with Gasteiger partial charge in [0.05, 0.1) is 19.3 Å². The Morgan fingerprint density at radius 2 is 2.14 bits per heavy atom. The lowest BCUT2D eigenvalue weighted by molar-refractivity contribution is 0.0278. The fourth-order valence-corrected chi connectivity index (χ4v) is 2.74. The predicted octanol–water partition coefficient (Wildman–Crippen LogP) is 2.59. The molecule has 1 aliphatic heterocycles. The van der Waals surface area contributed by atoms with Gasteiger partial charge in [-0.05, 0) is 25.3 Å². The molecule has 0 bridgehead atoms. The molecule has 1 atom stereocenters. The first-order chi connectivity index (χ1) is 10.2. The molecule has 1 unspecified atom stereocenters. The molecule has 1 aliphatic rings. The highest BCUT2D eigenvalue weighted by atomic mass is 16.5. The molecule has 1 aromatic heterocycles. The van der Waals surface area contributed by atoms with E-state index < -0.39 is 0 Å². The summed E-state index contributed by atoms with van der Waals surface area (Å²) in [6.07, 6.45) is 6.37. The van der Waals surface area contributed by atoms with Gasteiger partial charge in [-0.25, -0.2) is 0 Å². The number of nitrogens with one attached hydrogen (secondary N) is 1. The Labute approximate surface area is 126 Å². The summed E-state index contributed by atoms with van der Waals surface area (Å²) in [6, 6.07) is 10.4. The van der Waals surface area contributed by atoms with Gasteiger partial charge in [0.25, 0.3) is 0 Å². The lowest BCUT2D eigenvalue weighted by atomic mass is 9.95. The first kappa shape index (κ1) is 14.3. The van der Waals surface area contributed by atoms with Crippen molar-refractivity contribution in [3.63, 3.8) is 0 Å². The first-order valence-corrected chi connectivity index (χ1v) is 7.62. The number of ether oxygens (including phenoxy) is 1. The molecule has 4 heteroatoms. The lowest BCUT2D eigenvalue weighted by Gasteiger charge is -2.34. The molecule has 0 spiro atoms. The third-order valence-corrected chi connectivity index (χ3v) is 4.03. The maximum absolute atomic E-state index is 5.57. The van der Waals surface area contributed by atoms with Crippen molar-refractivity contribution < 1.29 is 4.74 Å². The molecule has 1 N–H and O–H groups in total. The van der Waals surface area contributed by atoms with Gasteiger partial charge in [0.15, 0.2) is 0 Å². The van der Waals surface area contributed by atoms with Crippen LogP contribution in [0.2, 0.25) is 0 Å². The summed E-state index contributed by atoms with van der Waals surface area (Å²) >= 11 is 0. The summed E-state index contributed by atoms with van der Waals surface area (Å²) in [5.74, 6) is 0. The normalized spacial score (nSPS) is 22.3. The number of hydrogen-bond donors (Lipinski definition) is 1. The van der Waals surface area contributed by atoms with Gasteiger partial charge in [0.1, 0.15) is 0 Å². The van der Waals surface area contributed by atoms with E-state index in [1.54, 1.807) is 0 Å². The van der Waals surface area contributed by atoms with Crippen LogP contribution in [-0.2, 0) is 17.8 Å². The van der Waals surface area contributed by atoms with E-state index in [0.29, 0.717) is 0 Å². The van der Waals surface area contributed by atoms with Gasteiger partial charge in [0.2, 0.25) is 0 Å². The summed E-state index contributed by atoms with van der Waals surface area (Å²) in [5, 5.41) is 8.06. The average molecular weight is 285 g/mol. The Bertz CT molecular complexity index is 558. The highest BCUT2D eigenvalue weighted by Crippen LogP contribution is 2.18. The summed E-state index contributed by atoms with van der Waals surface area (Å²) in [7, 11) is 0. The molecule has 2 aromatic rings. The number of aromatic nitrogens is 2. The molecule has 0 saturated carbocycles. The third kappa shape index (κ3) is 3.93. The molecule has 2 heterocycles. The fourth-order valence-electron chi connectivity index (χ4n) is 2.74. The molecule has 0 amide bonds. The molecule has 1 aromatic carbocycles. The third-order valence-electron chi connectivity index (χ3n) is 4.03. The van der Waals surface area contributed by atoms with E-state index >= 15 is 0 Å². The maximum atomic E-state index is 5.57. The van der Waals surface area contributed by atoms with Gasteiger partial charge in [0, 0.05) is 30.5 Å². The summed E-state index contributed by atoms with van der Waals surface area (Å²) < 4.78 is 7.57. The van der Waals surface area contributed by atoms with Crippen LogP contribution in [0.1, 0.15) is 30.9 Å². The first-order valence-electron chi connectivity index (χ1n) is 7.62. The molecule has 0 radical (unpaired) electrons. The Balaban J connectivity index is 1.55. The standard InChI is InChI=1S/C17H23N3O/c1-17(8-5-9-21-14-17)18-10-16-11-19-20(13-16)12-15-6-3-2-4-7-15/h2-4,6-7,11,13,18H,5,8-10,12,14H2,1H3. The Morgan fingerprint density at radius 1 is 1.29 bits per heavy atom. The van der Waals surface area contributed by atoms with E-state index in [9.17, 15) is 0 Å². The minimum atomic E-state index is 0.0970. The van der Waals surface area contributed by atoms with Crippen LogP contribution in [0.4, 0.5) is 0 Å². The van der Waals surface area contributed by atoms with E-state index in [4.69, 9.17) is 4.74 Å². The van der Waals surface area contributed by atoms with Crippen molar-refractivity contribution >= 4 is 0 Å². The zero-order valence-electron chi connectivity index (χ0n) is 12.6. The topological polar surface area (TPSA) is 39.1 Å². The molecular weight excluding hydrogens is 262 g/mol. The molecule has 112 valence electrons. The van der Waals surface area contributed by atoms with Crippen LogP contribution in [-0.4, -0.2) is 28.5 Å². The molecule has 1 saturated heterocycles. The van der Waals surface area contributed by atoms with E-state index in [1.807, 2.05) is 16.9 Å². The highest BCUT2D eigenvalue weighted by Gasteiger charge is 2.26. The monoisotopic (exact) mass is 285 g/mol. The number of hydrogen-bond acceptors (Lipinski definition) is 3. The van der Waals surface area contributed by atoms with Crippen LogP contribution < -0.4 is 5.32 Å². The molecular formula is C17H23N3O. The van der Waals surface area contributed by atoms with Crippen molar-refractivity contribution in [2.75, 3.05) is 13.2 Å². The molecule has 3 rings (SSSR count). The second kappa shape index (κ2) is 6.41. The average Bonchev–Trinajstić information content (AvgIpc) is 2.95. The highest BCUT2D eigenvalue weighted by molar-refractivity contribution is 5.15. The van der Waals surface area contributed by atoms with Gasteiger partial charge in [-0.2, -0.15) is 5.10 Å². The summed E-state index contributed by atoms with van der Waals surface area (Å²) in [5.41, 5.74) is 2.59. The van der Waals surface area contributed by atoms with Crippen molar-refractivity contribution in [1.82, 2.24) is 15.1 Å². The van der Waals surface area contributed by atoms with E-state index in [2.05, 4.69) is 47.8 Å². The Kier molecular flexibility index (Phi) is 4.36. The van der Waals surface area contributed by atoms with Gasteiger partial charge in [-0.3, -0.25) is 4.68 Å². The maximum Gasteiger partial charge on any atom is 0.0659 e. The van der Waals surface area contributed by atoms with E-state index in [-0.39, 0.29) is 5.54 Å². The van der Waals surface area contributed by atoms with Crippen molar-refractivity contribution in [2.24, 2.45) is 0 Å². The van der Waals surface area contributed by atoms with Crippen LogP contribution in [0.3, 0.4) is 0 Å². The molecule has 1 fully saturated rings. The molecule has 21 heavy (non-hydrogen) atoms. The largest absolute Gasteiger partial charge is 0.380 e. The minimum absolute atomic E-state index is 0.0970. The Hall–Kier alpha value is -1.65. The van der Waals surface area contributed by atoms with Gasteiger partial charge in [-0.15, -0.1) is 0 Å². The molecule has 0 aliphatic carbocycles. The van der Waals surface area contributed by atoms with Crippen LogP contribution in [0.5, 0.6) is 0 Å². The van der Waals surface area contributed by atoms with Gasteiger partial charge >= 0.3 is 0 Å². The zero-order valence-corrected chi connectivity index (χ0v) is 12.6. The van der Waals surface area contributed by atoms with Crippen molar-refractivity contribution in [2.45, 2.75) is 38.4 Å². The quantitative estimate of drug-likeness (QED) is 0.918. The SMILES string of the molecule is CC1(NCc2cnn(Cc3ccccc3)c2)CCCOC1. The van der Waals surface area contributed by atoms with Crippen molar-refractivity contribution in [3.8, 4) is 0 Å². The zero-order chi connectivity index (χ0) is 14.5. The van der Waals surface area contributed by atoms with E-state index in [0.717, 1.165) is 32.7 Å². The van der Waals surface area contributed by atoms with Crippen molar-refractivity contribution in [1.29, 1.82) is 0 Å². The second-order valence-electron chi connectivity index (χ2n) is 6.10. The molecule has 4 nitrogen and oxygen atoms in total. The van der Waals surface area contributed by atoms with Gasteiger partial charge < -0.3 is 10.1 Å². The predicted molar refractivity (Wildman–Crippen MR) is 83.1 cm³/mol. The lowest BCUT2D eigenvalue weighted by Crippen LogP contribution is -2.48. The van der Waals surface area contributed by atoms with Crippen LogP contribution in [0, 0.1) is 0 Å². The van der Waals surface area contributed by atoms with Crippen LogP contribution in [0.15, 0.2) is 42.7 Å². The minimum Gasteiger partial charge on any atom is -0.380 e. The number of benzene rings is 1. The van der Waals surface area contributed by atoms with E-state index in [1.165, 1.54) is 17.5 Å². The Morgan fingerprint density at radius 3 is 2.90 bits per heavy atom.